The van der Waals surface area contributed by atoms with E-state index in [0.29, 0.717) is 0 Å². The Bertz CT molecular complexity index is 352. The fraction of sp³-hybridized carbons (Fsp3) is 0.889. The van der Waals surface area contributed by atoms with Crippen LogP contribution in [0.15, 0.2) is 0 Å². The molecule has 0 saturated carbocycles. The van der Waals surface area contributed by atoms with Crippen LogP contribution in [-0.2, 0) is 14.8 Å². The lowest BCUT2D eigenvalue weighted by Gasteiger charge is -2.33. The molecule has 100 valence electrons. The number of hydrogen-bond donors (Lipinski definition) is 1. The summed E-state index contributed by atoms with van der Waals surface area (Å²) in [6, 6.07) is 0. The highest BCUT2D eigenvalue weighted by atomic mass is 32.2. The van der Waals surface area contributed by atoms with Gasteiger partial charge in [0, 0.05) is 26.2 Å². The first-order valence-corrected chi connectivity index (χ1v) is 7.04. The van der Waals surface area contributed by atoms with Crippen molar-refractivity contribution in [1.29, 1.82) is 0 Å². The zero-order chi connectivity index (χ0) is 12.9. The van der Waals surface area contributed by atoms with Gasteiger partial charge in [-0.1, -0.05) is 0 Å². The molecule has 1 N–H and O–H groups in total. The van der Waals surface area contributed by atoms with Gasteiger partial charge in [0.15, 0.2) is 0 Å². The Morgan fingerprint density at radius 3 is 2.29 bits per heavy atom. The Morgan fingerprint density at radius 2 is 1.82 bits per heavy atom. The Kier molecular flexibility index (Phi) is 5.29. The van der Waals surface area contributed by atoms with Gasteiger partial charge in [0.25, 0.3) is 0 Å². The minimum absolute atomic E-state index is 0.00187. The number of piperazine rings is 1. The van der Waals surface area contributed by atoms with Gasteiger partial charge in [-0.05, 0) is 6.42 Å². The SMILES string of the molecule is O=C(CO)N1CCN(S(=O)(=O)CCCF)CC1. The summed E-state index contributed by atoms with van der Waals surface area (Å²) < 4.78 is 36.6. The quantitative estimate of drug-likeness (QED) is 0.680. The van der Waals surface area contributed by atoms with E-state index in [0.717, 1.165) is 0 Å². The molecule has 0 aromatic rings. The fourth-order valence-electron chi connectivity index (χ4n) is 1.68. The number of nitrogens with zero attached hydrogens (tertiary/aromatic N) is 2. The van der Waals surface area contributed by atoms with Gasteiger partial charge in [0.2, 0.25) is 15.9 Å². The van der Waals surface area contributed by atoms with Crippen LogP contribution in [0.2, 0.25) is 0 Å². The van der Waals surface area contributed by atoms with Crippen molar-refractivity contribution in [3.8, 4) is 0 Å². The summed E-state index contributed by atoms with van der Waals surface area (Å²) >= 11 is 0. The molecule has 1 aliphatic heterocycles. The number of aliphatic hydroxyl groups is 1. The molecule has 17 heavy (non-hydrogen) atoms. The highest BCUT2D eigenvalue weighted by Gasteiger charge is 2.27. The van der Waals surface area contributed by atoms with E-state index in [1.807, 2.05) is 0 Å². The van der Waals surface area contributed by atoms with E-state index in [1.165, 1.54) is 9.21 Å². The number of rotatable bonds is 5. The number of carbonyl (C=O) groups is 1. The van der Waals surface area contributed by atoms with Crippen LogP contribution >= 0.6 is 0 Å². The molecular weight excluding hydrogens is 251 g/mol. The minimum atomic E-state index is -3.41. The van der Waals surface area contributed by atoms with Gasteiger partial charge in [-0.3, -0.25) is 9.18 Å². The molecule has 0 bridgehead atoms. The van der Waals surface area contributed by atoms with Gasteiger partial charge < -0.3 is 10.0 Å². The van der Waals surface area contributed by atoms with Gasteiger partial charge in [0.05, 0.1) is 12.4 Å². The van der Waals surface area contributed by atoms with Crippen LogP contribution in [0.5, 0.6) is 0 Å². The van der Waals surface area contributed by atoms with Crippen molar-refractivity contribution in [2.45, 2.75) is 6.42 Å². The van der Waals surface area contributed by atoms with Crippen LogP contribution < -0.4 is 0 Å². The maximum absolute atomic E-state index is 11.9. The summed E-state index contributed by atoms with van der Waals surface area (Å²) in [7, 11) is -3.41. The number of carbonyl (C=O) groups excluding carboxylic acids is 1. The molecule has 0 unspecified atom stereocenters. The van der Waals surface area contributed by atoms with Crippen molar-refractivity contribution in [2.24, 2.45) is 0 Å². The lowest BCUT2D eigenvalue weighted by molar-refractivity contribution is -0.135. The standard InChI is InChI=1S/C9H17FN2O4S/c10-2-1-7-17(15,16)12-5-3-11(4-6-12)9(14)8-13/h13H,1-8H2. The Hall–Kier alpha value is -0.730. The maximum atomic E-state index is 11.9. The lowest BCUT2D eigenvalue weighted by atomic mass is 10.3. The van der Waals surface area contributed by atoms with Crippen LogP contribution in [0, 0.1) is 0 Å². The highest BCUT2D eigenvalue weighted by molar-refractivity contribution is 7.89. The third kappa shape index (κ3) is 3.90. The van der Waals surface area contributed by atoms with E-state index in [-0.39, 0.29) is 38.4 Å². The van der Waals surface area contributed by atoms with Crippen molar-refractivity contribution in [3.63, 3.8) is 0 Å². The van der Waals surface area contributed by atoms with Gasteiger partial charge in [0.1, 0.15) is 6.61 Å². The second-order valence-corrected chi connectivity index (χ2v) is 5.88. The normalized spacial score (nSPS) is 18.4. The first-order valence-electron chi connectivity index (χ1n) is 5.43. The molecule has 0 spiro atoms. The molecule has 0 radical (unpaired) electrons. The van der Waals surface area contributed by atoms with E-state index in [1.54, 1.807) is 0 Å². The highest BCUT2D eigenvalue weighted by Crippen LogP contribution is 2.09. The summed E-state index contributed by atoms with van der Waals surface area (Å²) in [5, 5.41) is 8.66. The van der Waals surface area contributed by atoms with Crippen molar-refractivity contribution in [3.05, 3.63) is 0 Å². The number of aliphatic hydroxyl groups excluding tert-OH is 1. The van der Waals surface area contributed by atoms with Crippen molar-refractivity contribution >= 4 is 15.9 Å². The third-order valence-corrected chi connectivity index (χ3v) is 4.61. The molecule has 1 aliphatic rings. The number of hydrogen-bond acceptors (Lipinski definition) is 4. The maximum Gasteiger partial charge on any atom is 0.248 e. The summed E-state index contributed by atoms with van der Waals surface area (Å²) in [4.78, 5) is 12.6. The molecule has 1 fully saturated rings. The van der Waals surface area contributed by atoms with E-state index in [4.69, 9.17) is 5.11 Å². The minimum Gasteiger partial charge on any atom is -0.387 e. The first kappa shape index (κ1) is 14.3. The van der Waals surface area contributed by atoms with Crippen LogP contribution in [0.25, 0.3) is 0 Å². The average Bonchev–Trinajstić information content (AvgIpc) is 2.35. The second kappa shape index (κ2) is 6.27. The Labute approximate surface area is 100 Å². The predicted octanol–water partition coefficient (Wildman–Crippen LogP) is -1.19. The molecule has 1 heterocycles. The van der Waals surface area contributed by atoms with Crippen molar-refractivity contribution < 1.29 is 22.7 Å². The van der Waals surface area contributed by atoms with Gasteiger partial charge in [-0.2, -0.15) is 4.31 Å². The molecule has 8 heteroatoms. The van der Waals surface area contributed by atoms with Crippen LogP contribution in [0.3, 0.4) is 0 Å². The lowest BCUT2D eigenvalue weighted by Crippen LogP contribution is -2.51. The number of alkyl halides is 1. The zero-order valence-corrected chi connectivity index (χ0v) is 10.3. The van der Waals surface area contributed by atoms with Crippen LogP contribution in [0.4, 0.5) is 4.39 Å². The number of halogens is 1. The molecule has 1 amide bonds. The second-order valence-electron chi connectivity index (χ2n) is 3.80. The summed E-state index contributed by atoms with van der Waals surface area (Å²) in [5.74, 6) is -0.594. The Balaban J connectivity index is 2.49. The molecule has 0 aromatic heterocycles. The van der Waals surface area contributed by atoms with Crippen molar-refractivity contribution in [2.75, 3.05) is 45.2 Å². The third-order valence-electron chi connectivity index (χ3n) is 2.66. The van der Waals surface area contributed by atoms with Crippen LogP contribution in [-0.4, -0.2) is 73.8 Å². The molecule has 6 nitrogen and oxygen atoms in total. The van der Waals surface area contributed by atoms with E-state index < -0.39 is 29.2 Å². The van der Waals surface area contributed by atoms with Gasteiger partial charge >= 0.3 is 0 Å². The van der Waals surface area contributed by atoms with E-state index >= 15 is 0 Å². The van der Waals surface area contributed by atoms with Crippen molar-refractivity contribution in [1.82, 2.24) is 9.21 Å². The molecule has 0 aliphatic carbocycles. The average molecular weight is 268 g/mol. The first-order chi connectivity index (χ1) is 8.01. The number of amides is 1. The number of sulfonamides is 1. The summed E-state index contributed by atoms with van der Waals surface area (Å²) in [6.45, 7) is -0.250. The zero-order valence-electron chi connectivity index (χ0n) is 9.51. The smallest absolute Gasteiger partial charge is 0.248 e. The predicted molar refractivity (Wildman–Crippen MR) is 59.6 cm³/mol. The Morgan fingerprint density at radius 1 is 1.24 bits per heavy atom. The molecule has 1 saturated heterocycles. The van der Waals surface area contributed by atoms with Gasteiger partial charge in [-0.25, -0.2) is 8.42 Å². The molecular formula is C9H17FN2O4S. The summed E-state index contributed by atoms with van der Waals surface area (Å²) in [6.07, 6.45) is -0.00187. The molecule has 0 atom stereocenters. The molecule has 1 rings (SSSR count). The monoisotopic (exact) mass is 268 g/mol. The molecule has 0 aromatic carbocycles. The summed E-state index contributed by atoms with van der Waals surface area (Å²) in [5.41, 5.74) is 0. The fourth-order valence-corrected chi connectivity index (χ4v) is 3.13. The largest absolute Gasteiger partial charge is 0.387 e. The van der Waals surface area contributed by atoms with Crippen LogP contribution in [0.1, 0.15) is 6.42 Å². The van der Waals surface area contributed by atoms with E-state index in [2.05, 4.69) is 0 Å². The van der Waals surface area contributed by atoms with Gasteiger partial charge in [-0.15, -0.1) is 0 Å². The topological polar surface area (TPSA) is 77.9 Å². The van der Waals surface area contributed by atoms with E-state index in [9.17, 15) is 17.6 Å².